The second kappa shape index (κ2) is 8.99. The molecule has 2 aromatic rings. The first kappa shape index (κ1) is 24.2. The molecule has 0 unspecified atom stereocenters. The van der Waals surface area contributed by atoms with Crippen molar-refractivity contribution in [2.45, 2.75) is 52.3 Å². The molecule has 0 heterocycles. The number of carbonyl (C=O) groups excluding carboxylic acids is 1. The first-order chi connectivity index (χ1) is 14.3. The molecular weight excluding hydrogens is 413 g/mol. The molecule has 31 heavy (non-hydrogen) atoms. The SMILES string of the molecule is COc1cc(C(F)(F)F)ccc1C(=O)CCc1cc(C)c(OC(C)(C)C(=O)O)c(C)c1. The van der Waals surface area contributed by atoms with Crippen molar-refractivity contribution in [2.24, 2.45) is 0 Å². The number of alkyl halides is 3. The largest absolute Gasteiger partial charge is 0.496 e. The molecule has 0 aliphatic carbocycles. The van der Waals surface area contributed by atoms with Gasteiger partial charge in [-0.3, -0.25) is 4.79 Å². The fourth-order valence-corrected chi connectivity index (χ4v) is 3.13. The average Bonchev–Trinajstić information content (AvgIpc) is 2.67. The highest BCUT2D eigenvalue weighted by atomic mass is 19.4. The van der Waals surface area contributed by atoms with Crippen molar-refractivity contribution in [3.63, 3.8) is 0 Å². The van der Waals surface area contributed by atoms with E-state index in [2.05, 4.69) is 0 Å². The summed E-state index contributed by atoms with van der Waals surface area (Å²) < 4.78 is 49.3. The number of carboxylic acid groups (broad SMARTS) is 1. The van der Waals surface area contributed by atoms with Crippen molar-refractivity contribution in [3.05, 3.63) is 58.1 Å². The first-order valence-electron chi connectivity index (χ1n) is 9.57. The fourth-order valence-electron chi connectivity index (χ4n) is 3.13. The molecule has 2 rings (SSSR count). The Morgan fingerprint density at radius 3 is 2.10 bits per heavy atom. The predicted octanol–water partition coefficient (Wildman–Crippen LogP) is 5.39. The minimum absolute atomic E-state index is 0.0709. The van der Waals surface area contributed by atoms with E-state index < -0.39 is 23.3 Å². The van der Waals surface area contributed by atoms with Crippen LogP contribution in [0.1, 0.15) is 52.9 Å². The summed E-state index contributed by atoms with van der Waals surface area (Å²) in [4.78, 5) is 23.9. The lowest BCUT2D eigenvalue weighted by atomic mass is 9.97. The Balaban J connectivity index is 2.18. The number of ketones is 1. The maximum absolute atomic E-state index is 12.9. The smallest absolute Gasteiger partial charge is 0.416 e. The van der Waals surface area contributed by atoms with Crippen LogP contribution in [0.5, 0.6) is 11.5 Å². The van der Waals surface area contributed by atoms with Crippen LogP contribution in [-0.2, 0) is 17.4 Å². The summed E-state index contributed by atoms with van der Waals surface area (Å²) in [6.45, 7) is 6.48. The minimum atomic E-state index is -4.52. The number of hydrogen-bond donors (Lipinski definition) is 1. The van der Waals surface area contributed by atoms with Gasteiger partial charge in [0, 0.05) is 6.42 Å². The van der Waals surface area contributed by atoms with E-state index in [1.54, 1.807) is 26.0 Å². The van der Waals surface area contributed by atoms with Gasteiger partial charge >= 0.3 is 12.1 Å². The second-order valence-corrected chi connectivity index (χ2v) is 7.81. The van der Waals surface area contributed by atoms with Crippen molar-refractivity contribution < 1.29 is 37.3 Å². The van der Waals surface area contributed by atoms with E-state index in [0.717, 1.165) is 34.9 Å². The Hall–Kier alpha value is -3.03. The van der Waals surface area contributed by atoms with Gasteiger partial charge in [-0.15, -0.1) is 0 Å². The molecule has 0 radical (unpaired) electrons. The highest BCUT2D eigenvalue weighted by Gasteiger charge is 2.32. The van der Waals surface area contributed by atoms with Crippen molar-refractivity contribution in [1.82, 2.24) is 0 Å². The van der Waals surface area contributed by atoms with Gasteiger partial charge < -0.3 is 14.6 Å². The predicted molar refractivity (Wildman–Crippen MR) is 109 cm³/mol. The van der Waals surface area contributed by atoms with E-state index in [-0.39, 0.29) is 23.5 Å². The van der Waals surface area contributed by atoms with E-state index in [0.29, 0.717) is 12.2 Å². The van der Waals surface area contributed by atoms with Crippen LogP contribution in [0, 0.1) is 13.8 Å². The summed E-state index contributed by atoms with van der Waals surface area (Å²) in [5, 5.41) is 9.26. The number of methoxy groups -OCH3 is 1. The van der Waals surface area contributed by atoms with Crippen LogP contribution in [0.4, 0.5) is 13.2 Å². The third-order valence-electron chi connectivity index (χ3n) is 4.86. The molecule has 0 saturated carbocycles. The fraction of sp³-hybridized carbons (Fsp3) is 0.391. The van der Waals surface area contributed by atoms with Crippen LogP contribution in [0.25, 0.3) is 0 Å². The lowest BCUT2D eigenvalue weighted by Gasteiger charge is -2.24. The highest BCUT2D eigenvalue weighted by Crippen LogP contribution is 2.34. The van der Waals surface area contributed by atoms with Crippen LogP contribution in [0.2, 0.25) is 0 Å². The van der Waals surface area contributed by atoms with Crippen molar-refractivity contribution in [2.75, 3.05) is 7.11 Å². The number of hydrogen-bond acceptors (Lipinski definition) is 4. The first-order valence-corrected chi connectivity index (χ1v) is 9.57. The number of halogens is 3. The van der Waals surface area contributed by atoms with E-state index in [9.17, 15) is 27.9 Å². The monoisotopic (exact) mass is 438 g/mol. The van der Waals surface area contributed by atoms with Gasteiger partial charge in [-0.1, -0.05) is 12.1 Å². The molecule has 0 aliphatic rings. The summed E-state index contributed by atoms with van der Waals surface area (Å²) in [5.41, 5.74) is 0.0909. The van der Waals surface area contributed by atoms with Crippen LogP contribution >= 0.6 is 0 Å². The van der Waals surface area contributed by atoms with Gasteiger partial charge in [-0.25, -0.2) is 4.79 Å². The molecule has 0 aromatic heterocycles. The molecule has 0 saturated heterocycles. The van der Waals surface area contributed by atoms with Gasteiger partial charge in [0.2, 0.25) is 0 Å². The van der Waals surface area contributed by atoms with Crippen molar-refractivity contribution >= 4 is 11.8 Å². The summed E-state index contributed by atoms with van der Waals surface area (Å²) in [5.74, 6) is -1.08. The van der Waals surface area contributed by atoms with E-state index in [4.69, 9.17) is 9.47 Å². The molecular formula is C23H25F3O5. The Bertz CT molecular complexity index is 970. The summed E-state index contributed by atoms with van der Waals surface area (Å²) >= 11 is 0. The Kier molecular flexibility index (Phi) is 7.03. The number of benzene rings is 2. The quantitative estimate of drug-likeness (QED) is 0.560. The van der Waals surface area contributed by atoms with Gasteiger partial charge in [0.1, 0.15) is 11.5 Å². The second-order valence-electron chi connectivity index (χ2n) is 7.81. The van der Waals surface area contributed by atoms with Crippen LogP contribution in [0.15, 0.2) is 30.3 Å². The number of aryl methyl sites for hydroxylation is 3. The zero-order chi connectivity index (χ0) is 23.6. The topological polar surface area (TPSA) is 72.8 Å². The maximum atomic E-state index is 12.9. The normalized spacial score (nSPS) is 11.9. The van der Waals surface area contributed by atoms with E-state index >= 15 is 0 Å². The molecule has 1 N–H and O–H groups in total. The number of carboxylic acids is 1. The third kappa shape index (κ3) is 5.77. The molecule has 0 fully saturated rings. The van der Waals surface area contributed by atoms with E-state index in [1.807, 2.05) is 0 Å². The summed E-state index contributed by atoms with van der Waals surface area (Å²) in [6.07, 6.45) is -4.10. The number of ether oxygens (including phenoxy) is 2. The third-order valence-corrected chi connectivity index (χ3v) is 4.86. The Labute approximate surface area is 178 Å². The summed E-state index contributed by atoms with van der Waals surface area (Å²) in [7, 11) is 1.22. The molecule has 0 atom stereocenters. The number of aliphatic carboxylic acids is 1. The molecule has 0 aliphatic heterocycles. The molecule has 0 amide bonds. The maximum Gasteiger partial charge on any atom is 0.416 e. The van der Waals surface area contributed by atoms with Crippen LogP contribution in [-0.4, -0.2) is 29.6 Å². The number of carbonyl (C=O) groups is 2. The van der Waals surface area contributed by atoms with Gasteiger partial charge in [0.05, 0.1) is 18.2 Å². The van der Waals surface area contributed by atoms with Crippen LogP contribution < -0.4 is 9.47 Å². The van der Waals surface area contributed by atoms with Crippen molar-refractivity contribution in [1.29, 1.82) is 0 Å². The van der Waals surface area contributed by atoms with E-state index in [1.165, 1.54) is 21.0 Å². The molecule has 5 nitrogen and oxygen atoms in total. The van der Waals surface area contributed by atoms with Gasteiger partial charge in [0.25, 0.3) is 0 Å². The van der Waals surface area contributed by atoms with Gasteiger partial charge in [-0.2, -0.15) is 13.2 Å². The average molecular weight is 438 g/mol. The molecule has 2 aromatic carbocycles. The highest BCUT2D eigenvalue weighted by molar-refractivity contribution is 5.98. The summed E-state index contributed by atoms with van der Waals surface area (Å²) in [6, 6.07) is 6.42. The minimum Gasteiger partial charge on any atom is -0.496 e. The number of Topliss-reactive ketones (excluding diaryl/α,β-unsaturated/α-hetero) is 1. The standard InChI is InChI=1S/C23H25F3O5/c1-13-10-15(11-14(2)20(13)31-22(3,4)21(28)29)6-9-18(27)17-8-7-16(23(24,25)26)12-19(17)30-5/h7-8,10-12H,6,9H2,1-5H3,(H,28,29). The number of rotatable bonds is 8. The molecule has 168 valence electrons. The molecule has 8 heteroatoms. The molecule has 0 bridgehead atoms. The Morgan fingerprint density at radius 2 is 1.61 bits per heavy atom. The van der Waals surface area contributed by atoms with Gasteiger partial charge in [-0.05, 0) is 69.0 Å². The van der Waals surface area contributed by atoms with Gasteiger partial charge in [0.15, 0.2) is 11.4 Å². The van der Waals surface area contributed by atoms with Crippen molar-refractivity contribution in [3.8, 4) is 11.5 Å². The molecule has 0 spiro atoms. The Morgan fingerprint density at radius 1 is 1.03 bits per heavy atom. The zero-order valence-electron chi connectivity index (χ0n) is 18.0. The zero-order valence-corrected chi connectivity index (χ0v) is 18.0. The lowest BCUT2D eigenvalue weighted by molar-refractivity contribution is -0.152. The lowest BCUT2D eigenvalue weighted by Crippen LogP contribution is -2.38. The van der Waals surface area contributed by atoms with Crippen LogP contribution in [0.3, 0.4) is 0 Å².